The van der Waals surface area contributed by atoms with Crippen molar-refractivity contribution in [1.29, 1.82) is 0 Å². The monoisotopic (exact) mass is 368 g/mol. The standard InChI is InChI=1S/C27H28O/c1-4-27(28,5-2)22-16-14-20(15-17-22)26-18-21-10-6-7-11-23(21)19(3)24-12-8-9-13-25(24)26/h6-19,28H,4-5H2,1-3H3. The molecule has 3 aromatic rings. The zero-order chi connectivity index (χ0) is 19.7. The van der Waals surface area contributed by atoms with Crippen LogP contribution in [0.2, 0.25) is 0 Å². The molecular formula is C27H28O. The highest BCUT2D eigenvalue weighted by molar-refractivity contribution is 5.94. The minimum absolute atomic E-state index is 0.352. The fourth-order valence-corrected chi connectivity index (χ4v) is 4.41. The Bertz CT molecular complexity index is 1010. The molecule has 0 heterocycles. The Morgan fingerprint density at radius 1 is 0.786 bits per heavy atom. The highest BCUT2D eigenvalue weighted by Crippen LogP contribution is 2.40. The van der Waals surface area contributed by atoms with Gasteiger partial charge >= 0.3 is 0 Å². The summed E-state index contributed by atoms with van der Waals surface area (Å²) in [5.41, 5.74) is 8.00. The van der Waals surface area contributed by atoms with Crippen LogP contribution in [-0.4, -0.2) is 5.11 Å². The molecule has 0 amide bonds. The zero-order valence-electron chi connectivity index (χ0n) is 16.9. The minimum Gasteiger partial charge on any atom is -0.385 e. The largest absolute Gasteiger partial charge is 0.385 e. The van der Waals surface area contributed by atoms with Crippen LogP contribution in [0.1, 0.15) is 72.9 Å². The van der Waals surface area contributed by atoms with Crippen LogP contribution in [0.25, 0.3) is 11.6 Å². The summed E-state index contributed by atoms with van der Waals surface area (Å²) in [5, 5.41) is 10.9. The molecule has 1 aliphatic rings. The van der Waals surface area contributed by atoms with Crippen molar-refractivity contribution in [3.05, 3.63) is 106 Å². The summed E-state index contributed by atoms with van der Waals surface area (Å²) in [4.78, 5) is 0. The van der Waals surface area contributed by atoms with E-state index in [1.807, 2.05) is 13.8 Å². The summed E-state index contributed by atoms with van der Waals surface area (Å²) >= 11 is 0. The van der Waals surface area contributed by atoms with Crippen molar-refractivity contribution in [2.45, 2.75) is 45.1 Å². The number of benzene rings is 3. The van der Waals surface area contributed by atoms with Gasteiger partial charge in [-0.2, -0.15) is 0 Å². The molecule has 1 unspecified atom stereocenters. The SMILES string of the molecule is CCC(O)(CC)c1ccc(C2=Cc3ccccc3C(C)c3ccccc32)cc1. The maximum absolute atomic E-state index is 10.9. The van der Waals surface area contributed by atoms with Crippen molar-refractivity contribution >= 4 is 11.6 Å². The third-order valence-electron chi connectivity index (χ3n) is 6.38. The molecule has 1 heteroatoms. The first-order chi connectivity index (χ1) is 13.6. The lowest BCUT2D eigenvalue weighted by Crippen LogP contribution is -2.23. The van der Waals surface area contributed by atoms with Gasteiger partial charge in [-0.05, 0) is 57.9 Å². The van der Waals surface area contributed by atoms with E-state index in [2.05, 4.69) is 85.8 Å². The summed E-state index contributed by atoms with van der Waals surface area (Å²) in [6.45, 7) is 6.37. The zero-order valence-corrected chi connectivity index (χ0v) is 16.9. The number of fused-ring (bicyclic) bond motifs is 2. The van der Waals surface area contributed by atoms with E-state index in [0.29, 0.717) is 5.92 Å². The molecule has 3 aromatic carbocycles. The van der Waals surface area contributed by atoms with Gasteiger partial charge in [0.2, 0.25) is 0 Å². The molecule has 0 aliphatic heterocycles. The molecule has 0 fully saturated rings. The second kappa shape index (κ2) is 7.41. The van der Waals surface area contributed by atoms with Crippen LogP contribution in [0.4, 0.5) is 0 Å². The van der Waals surface area contributed by atoms with Gasteiger partial charge in [0.1, 0.15) is 0 Å². The van der Waals surface area contributed by atoms with E-state index in [-0.39, 0.29) is 0 Å². The van der Waals surface area contributed by atoms with Crippen molar-refractivity contribution in [3.63, 3.8) is 0 Å². The van der Waals surface area contributed by atoms with Gasteiger partial charge in [0.25, 0.3) is 0 Å². The van der Waals surface area contributed by atoms with E-state index >= 15 is 0 Å². The lowest BCUT2D eigenvalue weighted by atomic mass is 9.85. The highest BCUT2D eigenvalue weighted by Gasteiger charge is 2.25. The van der Waals surface area contributed by atoms with Crippen LogP contribution >= 0.6 is 0 Å². The fourth-order valence-electron chi connectivity index (χ4n) is 4.41. The maximum Gasteiger partial charge on any atom is 0.0891 e. The third kappa shape index (κ3) is 3.10. The molecular weight excluding hydrogens is 340 g/mol. The fraction of sp³-hybridized carbons (Fsp3) is 0.259. The summed E-state index contributed by atoms with van der Waals surface area (Å²) in [6, 6.07) is 25.9. The Balaban J connectivity index is 1.87. The van der Waals surface area contributed by atoms with Crippen LogP contribution in [0.15, 0.2) is 72.8 Å². The predicted molar refractivity (Wildman–Crippen MR) is 118 cm³/mol. The molecule has 0 radical (unpaired) electrons. The van der Waals surface area contributed by atoms with Crippen LogP contribution in [0.5, 0.6) is 0 Å². The molecule has 0 aromatic heterocycles. The van der Waals surface area contributed by atoms with Crippen molar-refractivity contribution in [2.75, 3.05) is 0 Å². The lowest BCUT2D eigenvalue weighted by molar-refractivity contribution is 0.0284. The normalized spacial score (nSPS) is 16.0. The van der Waals surface area contributed by atoms with Gasteiger partial charge in [0, 0.05) is 5.92 Å². The van der Waals surface area contributed by atoms with Gasteiger partial charge in [-0.25, -0.2) is 0 Å². The van der Waals surface area contributed by atoms with Crippen LogP contribution in [-0.2, 0) is 5.60 Å². The molecule has 1 atom stereocenters. The van der Waals surface area contributed by atoms with E-state index in [1.165, 1.54) is 33.4 Å². The first-order valence-corrected chi connectivity index (χ1v) is 10.3. The molecule has 0 spiro atoms. The maximum atomic E-state index is 10.9. The summed E-state index contributed by atoms with van der Waals surface area (Å²) in [6.07, 6.45) is 3.76. The van der Waals surface area contributed by atoms with E-state index in [0.717, 1.165) is 18.4 Å². The van der Waals surface area contributed by atoms with Gasteiger partial charge in [0.05, 0.1) is 5.60 Å². The summed E-state index contributed by atoms with van der Waals surface area (Å²) < 4.78 is 0. The second-order valence-corrected chi connectivity index (χ2v) is 7.81. The molecule has 1 N–H and O–H groups in total. The van der Waals surface area contributed by atoms with Gasteiger partial charge in [-0.1, -0.05) is 93.6 Å². The molecule has 0 saturated heterocycles. The summed E-state index contributed by atoms with van der Waals surface area (Å²) in [5.74, 6) is 0.352. The Hall–Kier alpha value is -2.64. The van der Waals surface area contributed by atoms with Crippen molar-refractivity contribution in [2.24, 2.45) is 0 Å². The predicted octanol–water partition coefficient (Wildman–Crippen LogP) is 6.75. The summed E-state index contributed by atoms with van der Waals surface area (Å²) in [7, 11) is 0. The topological polar surface area (TPSA) is 20.2 Å². The van der Waals surface area contributed by atoms with E-state index in [4.69, 9.17) is 0 Å². The number of aliphatic hydroxyl groups is 1. The van der Waals surface area contributed by atoms with Crippen molar-refractivity contribution in [1.82, 2.24) is 0 Å². The van der Waals surface area contributed by atoms with Crippen LogP contribution < -0.4 is 0 Å². The quantitative estimate of drug-likeness (QED) is 0.540. The Kier molecular flexibility index (Phi) is 4.95. The van der Waals surface area contributed by atoms with Crippen molar-refractivity contribution in [3.8, 4) is 0 Å². The molecule has 1 nitrogen and oxygen atoms in total. The number of hydrogen-bond acceptors (Lipinski definition) is 1. The molecule has 1 aliphatic carbocycles. The molecule has 4 rings (SSSR count). The first-order valence-electron chi connectivity index (χ1n) is 10.3. The van der Waals surface area contributed by atoms with Crippen molar-refractivity contribution < 1.29 is 5.11 Å². The highest BCUT2D eigenvalue weighted by atomic mass is 16.3. The average Bonchev–Trinajstić information content (AvgIpc) is 2.89. The Morgan fingerprint density at radius 3 is 2.07 bits per heavy atom. The second-order valence-electron chi connectivity index (χ2n) is 7.81. The number of rotatable bonds is 4. The Morgan fingerprint density at radius 2 is 1.39 bits per heavy atom. The average molecular weight is 369 g/mol. The van der Waals surface area contributed by atoms with E-state index in [1.54, 1.807) is 0 Å². The van der Waals surface area contributed by atoms with Crippen LogP contribution in [0.3, 0.4) is 0 Å². The smallest absolute Gasteiger partial charge is 0.0891 e. The van der Waals surface area contributed by atoms with Gasteiger partial charge < -0.3 is 5.11 Å². The Labute approximate surface area is 168 Å². The molecule has 0 bridgehead atoms. The van der Waals surface area contributed by atoms with Crippen LogP contribution in [0, 0.1) is 0 Å². The lowest BCUT2D eigenvalue weighted by Gasteiger charge is -2.26. The van der Waals surface area contributed by atoms with Gasteiger partial charge in [0.15, 0.2) is 0 Å². The molecule has 28 heavy (non-hydrogen) atoms. The molecule has 142 valence electrons. The first kappa shape index (κ1) is 18.7. The van der Waals surface area contributed by atoms with E-state index in [9.17, 15) is 5.11 Å². The third-order valence-corrected chi connectivity index (χ3v) is 6.38. The minimum atomic E-state index is -0.741. The van der Waals surface area contributed by atoms with E-state index < -0.39 is 5.60 Å². The number of hydrogen-bond donors (Lipinski definition) is 1. The van der Waals surface area contributed by atoms with Gasteiger partial charge in [-0.3, -0.25) is 0 Å². The van der Waals surface area contributed by atoms with Gasteiger partial charge in [-0.15, -0.1) is 0 Å². The molecule has 0 saturated carbocycles.